The van der Waals surface area contributed by atoms with Gasteiger partial charge in [0.2, 0.25) is 11.8 Å². The molecule has 49 heavy (non-hydrogen) atoms. The van der Waals surface area contributed by atoms with Gasteiger partial charge < -0.3 is 5.11 Å². The third-order valence-corrected chi connectivity index (χ3v) is 11.2. The molecule has 246 valence electrons. The highest BCUT2D eigenvalue weighted by molar-refractivity contribution is 6.22. The number of benzene rings is 4. The number of carbonyl (C=O) groups is 4. The van der Waals surface area contributed by atoms with Crippen molar-refractivity contribution in [3.05, 3.63) is 137 Å². The number of hydrogen-bond donors (Lipinski definition) is 2. The maximum Gasteiger partial charge on any atom is 0.260 e. The predicted molar refractivity (Wildman–Crippen MR) is 185 cm³/mol. The number of phenolic OH excluding ortho intramolecular Hbond substituents is 1. The smallest absolute Gasteiger partial charge is 0.260 e. The van der Waals surface area contributed by atoms with Gasteiger partial charge in [-0.3, -0.25) is 29.5 Å². The molecule has 0 bridgehead atoms. The van der Waals surface area contributed by atoms with Crippen LogP contribution >= 0.6 is 0 Å². The van der Waals surface area contributed by atoms with Gasteiger partial charge in [-0.1, -0.05) is 90.9 Å². The highest BCUT2D eigenvalue weighted by Gasteiger charge is 2.70. The molecule has 2 aliphatic carbocycles. The Morgan fingerprint density at radius 3 is 2.24 bits per heavy atom. The van der Waals surface area contributed by atoms with Crippen LogP contribution in [0.1, 0.15) is 47.9 Å². The van der Waals surface area contributed by atoms with Gasteiger partial charge in [0.25, 0.3) is 11.8 Å². The van der Waals surface area contributed by atoms with E-state index in [1.165, 1.54) is 4.90 Å². The molecule has 8 nitrogen and oxygen atoms in total. The van der Waals surface area contributed by atoms with Crippen LogP contribution in [0, 0.1) is 30.6 Å². The molecule has 0 aromatic heterocycles. The molecule has 6 unspecified atom stereocenters. The van der Waals surface area contributed by atoms with Crippen LogP contribution in [-0.4, -0.2) is 33.7 Å². The second-order valence-corrected chi connectivity index (χ2v) is 13.7. The minimum Gasteiger partial charge on any atom is -0.508 e. The summed E-state index contributed by atoms with van der Waals surface area (Å²) in [6, 6.07) is 31.2. The van der Waals surface area contributed by atoms with E-state index in [1.54, 1.807) is 18.2 Å². The van der Waals surface area contributed by atoms with E-state index in [0.717, 1.165) is 28.1 Å². The maximum absolute atomic E-state index is 15.1. The van der Waals surface area contributed by atoms with E-state index in [1.807, 2.05) is 97.9 Å². The van der Waals surface area contributed by atoms with E-state index < -0.39 is 40.9 Å². The summed E-state index contributed by atoms with van der Waals surface area (Å²) in [6.07, 6.45) is 3.43. The number of phenols is 1. The zero-order chi connectivity index (χ0) is 34.0. The third kappa shape index (κ3) is 4.57. The van der Waals surface area contributed by atoms with Crippen molar-refractivity contribution in [1.29, 1.82) is 0 Å². The van der Waals surface area contributed by atoms with E-state index in [0.29, 0.717) is 28.9 Å². The lowest BCUT2D eigenvalue weighted by Crippen LogP contribution is -2.53. The van der Waals surface area contributed by atoms with Crippen molar-refractivity contribution < 1.29 is 24.3 Å². The number of hydrazine groups is 1. The van der Waals surface area contributed by atoms with Gasteiger partial charge in [0.15, 0.2) is 0 Å². The minimum absolute atomic E-state index is 0.0360. The van der Waals surface area contributed by atoms with Crippen molar-refractivity contribution in [2.75, 3.05) is 10.3 Å². The van der Waals surface area contributed by atoms with Crippen LogP contribution in [0.3, 0.4) is 0 Å². The molecule has 3 fully saturated rings. The minimum atomic E-state index is -1.37. The number of aryl methyl sites for hydroxylation is 2. The quantitative estimate of drug-likeness (QED) is 0.183. The number of anilines is 2. The summed E-state index contributed by atoms with van der Waals surface area (Å²) in [5.41, 5.74) is 7.25. The lowest BCUT2D eigenvalue weighted by atomic mass is 9.49. The summed E-state index contributed by atoms with van der Waals surface area (Å²) < 4.78 is 0. The second kappa shape index (κ2) is 11.6. The van der Waals surface area contributed by atoms with Gasteiger partial charge in [0.05, 0.1) is 34.5 Å². The van der Waals surface area contributed by atoms with Crippen molar-refractivity contribution in [1.82, 2.24) is 5.01 Å². The van der Waals surface area contributed by atoms with Crippen molar-refractivity contribution in [2.24, 2.45) is 23.7 Å². The number of rotatable bonds is 6. The monoisotopic (exact) mass is 651 g/mol. The first kappa shape index (κ1) is 30.8. The SMILES string of the molecule is CCc1ccc(N2C(=O)C3CC=C4C(CC5C(=O)N(Nc6ccc(C)cc6)C(=O)C5(c5ccccc5)C4c4cccc(O)c4)C3C2=O)cc1. The third-order valence-electron chi connectivity index (χ3n) is 11.2. The predicted octanol–water partition coefficient (Wildman–Crippen LogP) is 6.45. The molecule has 2 saturated heterocycles. The first-order valence-electron chi connectivity index (χ1n) is 17.0. The Morgan fingerprint density at radius 1 is 0.816 bits per heavy atom. The molecular formula is C41H37N3O5. The Bertz CT molecular complexity index is 2020. The number of imide groups is 2. The van der Waals surface area contributed by atoms with E-state index in [-0.39, 0.29) is 29.9 Å². The summed E-state index contributed by atoms with van der Waals surface area (Å²) in [5, 5.41) is 11.9. The molecule has 2 N–H and O–H groups in total. The fraction of sp³-hybridized carbons (Fsp3) is 0.268. The van der Waals surface area contributed by atoms with Crippen LogP contribution in [0.25, 0.3) is 0 Å². The molecule has 0 radical (unpaired) electrons. The zero-order valence-corrected chi connectivity index (χ0v) is 27.4. The van der Waals surface area contributed by atoms with Crippen LogP contribution in [0.4, 0.5) is 11.4 Å². The second-order valence-electron chi connectivity index (χ2n) is 13.7. The van der Waals surface area contributed by atoms with Crippen molar-refractivity contribution in [3.63, 3.8) is 0 Å². The maximum atomic E-state index is 15.1. The number of nitrogens with one attached hydrogen (secondary N) is 1. The molecule has 2 aliphatic heterocycles. The molecule has 4 aromatic rings. The van der Waals surface area contributed by atoms with Gasteiger partial charge in [-0.25, -0.2) is 0 Å². The lowest BCUT2D eigenvalue weighted by Gasteiger charge is -2.50. The van der Waals surface area contributed by atoms with E-state index in [2.05, 4.69) is 12.3 Å². The topological polar surface area (TPSA) is 107 Å². The average Bonchev–Trinajstić information content (AvgIpc) is 3.50. The lowest BCUT2D eigenvalue weighted by molar-refractivity contribution is -0.138. The Morgan fingerprint density at radius 2 is 1.55 bits per heavy atom. The number of amides is 4. The van der Waals surface area contributed by atoms with Crippen molar-refractivity contribution in [2.45, 2.75) is 44.4 Å². The number of fused-ring (bicyclic) bond motifs is 4. The molecule has 8 rings (SSSR count). The number of hydrogen-bond acceptors (Lipinski definition) is 6. The molecular weight excluding hydrogens is 614 g/mol. The van der Waals surface area contributed by atoms with Gasteiger partial charge in [-0.15, -0.1) is 0 Å². The van der Waals surface area contributed by atoms with E-state index >= 15 is 4.79 Å². The highest BCUT2D eigenvalue weighted by Crippen LogP contribution is 2.64. The summed E-state index contributed by atoms with van der Waals surface area (Å²) >= 11 is 0. The zero-order valence-electron chi connectivity index (χ0n) is 27.4. The standard InChI is InChI=1S/C41H37N3O5/c1-3-25-14-18-29(19-15-25)43-37(46)32-21-20-31-33(35(32)39(43)48)23-34-38(47)44(42-28-16-12-24(2)13-17-28)40(49)41(34,27-9-5-4-6-10-27)36(31)26-8-7-11-30(45)22-26/h4-20,22,32-36,42,45H,3,21,23H2,1-2H3. The van der Waals surface area contributed by atoms with Crippen molar-refractivity contribution in [3.8, 4) is 5.75 Å². The number of allylic oxidation sites excluding steroid dienone is 2. The molecule has 4 aromatic carbocycles. The van der Waals surface area contributed by atoms with Gasteiger partial charge >= 0.3 is 0 Å². The van der Waals surface area contributed by atoms with Gasteiger partial charge in [-0.05, 0) is 85.2 Å². The highest BCUT2D eigenvalue weighted by atomic mass is 16.3. The fourth-order valence-electron chi connectivity index (χ4n) is 8.96. The molecule has 4 aliphatic rings. The Kier molecular flexibility index (Phi) is 7.28. The Labute approximate surface area is 285 Å². The van der Waals surface area contributed by atoms with E-state index in [4.69, 9.17) is 0 Å². The first-order valence-corrected chi connectivity index (χ1v) is 17.0. The van der Waals surface area contributed by atoms with Crippen LogP contribution in [0.2, 0.25) is 0 Å². The molecule has 0 spiro atoms. The number of nitrogens with zero attached hydrogens (tertiary/aromatic N) is 2. The fourth-order valence-corrected chi connectivity index (χ4v) is 8.96. The van der Waals surface area contributed by atoms with Crippen LogP contribution < -0.4 is 10.3 Å². The first-order chi connectivity index (χ1) is 23.7. The number of aromatic hydroxyl groups is 1. The van der Waals surface area contributed by atoms with Gasteiger partial charge in [-0.2, -0.15) is 5.01 Å². The molecule has 2 heterocycles. The van der Waals surface area contributed by atoms with Crippen molar-refractivity contribution >= 4 is 35.0 Å². The number of carbonyl (C=O) groups excluding carboxylic acids is 4. The Hall–Kier alpha value is -5.50. The summed E-state index contributed by atoms with van der Waals surface area (Å²) in [4.78, 5) is 59.6. The largest absolute Gasteiger partial charge is 0.508 e. The van der Waals surface area contributed by atoms with Gasteiger partial charge in [0.1, 0.15) is 5.75 Å². The van der Waals surface area contributed by atoms with Crippen LogP contribution in [0.15, 0.2) is 115 Å². The normalized spacial score (nSPS) is 27.5. The van der Waals surface area contributed by atoms with Gasteiger partial charge in [0, 0.05) is 5.92 Å². The van der Waals surface area contributed by atoms with Crippen LogP contribution in [0.5, 0.6) is 5.75 Å². The summed E-state index contributed by atoms with van der Waals surface area (Å²) in [6.45, 7) is 4.02. The molecule has 6 atom stereocenters. The molecule has 1 saturated carbocycles. The Balaban J connectivity index is 1.29. The summed E-state index contributed by atoms with van der Waals surface area (Å²) in [5.74, 6) is -4.52. The van der Waals surface area contributed by atoms with Crippen LogP contribution in [-0.2, 0) is 31.0 Å². The summed E-state index contributed by atoms with van der Waals surface area (Å²) in [7, 11) is 0. The van der Waals surface area contributed by atoms with E-state index in [9.17, 15) is 19.5 Å². The molecule has 4 amide bonds. The molecule has 8 heteroatoms. The average molecular weight is 652 g/mol.